The maximum atomic E-state index is 12.6. The molecule has 0 N–H and O–H groups in total. The molecule has 0 unspecified atom stereocenters. The van der Waals surface area contributed by atoms with Crippen molar-refractivity contribution in [2.75, 3.05) is 18.6 Å². The molecule has 1 amide bonds. The van der Waals surface area contributed by atoms with E-state index in [1.165, 1.54) is 0 Å². The molecule has 3 aromatic heterocycles. The summed E-state index contributed by atoms with van der Waals surface area (Å²) < 4.78 is 10.0. The fourth-order valence-electron chi connectivity index (χ4n) is 3.18. The Bertz CT molecular complexity index is 883. The normalized spacial score (nSPS) is 11.1. The second-order valence-electron chi connectivity index (χ2n) is 6.63. The van der Waals surface area contributed by atoms with E-state index in [4.69, 9.17) is 9.72 Å². The molecule has 6 nitrogen and oxygen atoms in total. The molecule has 0 saturated carbocycles. The SMILES string of the molecule is CCCCC(=O)N(C)c1c(CC)nc2c(OCCn3cccc3)cccn12. The summed E-state index contributed by atoms with van der Waals surface area (Å²) in [6, 6.07) is 7.87. The quantitative estimate of drug-likeness (QED) is 0.575. The number of nitrogens with zero attached hydrogens (tertiary/aromatic N) is 4. The van der Waals surface area contributed by atoms with Gasteiger partial charge in [-0.25, -0.2) is 4.98 Å². The van der Waals surface area contributed by atoms with E-state index in [2.05, 4.69) is 18.4 Å². The Balaban J connectivity index is 1.85. The molecule has 0 aliphatic carbocycles. The Hall–Kier alpha value is -2.76. The topological polar surface area (TPSA) is 51.8 Å². The van der Waals surface area contributed by atoms with Crippen molar-refractivity contribution in [1.29, 1.82) is 0 Å². The van der Waals surface area contributed by atoms with Crippen molar-refractivity contribution in [3.05, 3.63) is 48.5 Å². The summed E-state index contributed by atoms with van der Waals surface area (Å²) in [5.74, 6) is 1.69. The predicted octanol–water partition coefficient (Wildman–Crippen LogP) is 3.93. The lowest BCUT2D eigenvalue weighted by Gasteiger charge is -2.18. The van der Waals surface area contributed by atoms with Crippen molar-refractivity contribution in [1.82, 2.24) is 14.0 Å². The number of anilines is 1. The van der Waals surface area contributed by atoms with E-state index in [-0.39, 0.29) is 5.91 Å². The van der Waals surface area contributed by atoms with Crippen LogP contribution >= 0.6 is 0 Å². The van der Waals surface area contributed by atoms with Gasteiger partial charge in [0.15, 0.2) is 11.4 Å². The van der Waals surface area contributed by atoms with Crippen LogP contribution in [0.15, 0.2) is 42.9 Å². The monoisotopic (exact) mass is 368 g/mol. The number of hydrogen-bond donors (Lipinski definition) is 0. The van der Waals surface area contributed by atoms with Crippen LogP contribution < -0.4 is 9.64 Å². The number of pyridine rings is 1. The van der Waals surface area contributed by atoms with Gasteiger partial charge in [-0.1, -0.05) is 20.3 Å². The number of fused-ring (bicyclic) bond motifs is 1. The fourth-order valence-corrected chi connectivity index (χ4v) is 3.18. The molecule has 0 fully saturated rings. The number of carbonyl (C=O) groups excluding carboxylic acids is 1. The summed E-state index contributed by atoms with van der Waals surface area (Å²) in [6.07, 6.45) is 9.19. The van der Waals surface area contributed by atoms with Crippen molar-refractivity contribution in [2.45, 2.75) is 46.1 Å². The minimum Gasteiger partial charge on any atom is -0.488 e. The molecule has 0 saturated heterocycles. The molecule has 3 heterocycles. The van der Waals surface area contributed by atoms with E-state index in [0.717, 1.165) is 48.7 Å². The van der Waals surface area contributed by atoms with Gasteiger partial charge in [0.1, 0.15) is 12.4 Å². The molecular formula is C21H28N4O2. The molecule has 0 aromatic carbocycles. The second-order valence-corrected chi connectivity index (χ2v) is 6.63. The average Bonchev–Trinajstić information content (AvgIpc) is 3.33. The first kappa shape index (κ1) is 19.0. The van der Waals surface area contributed by atoms with Crippen molar-refractivity contribution >= 4 is 17.4 Å². The lowest BCUT2D eigenvalue weighted by Crippen LogP contribution is -2.28. The number of unbranched alkanes of at least 4 members (excludes halogenated alkanes) is 1. The number of rotatable bonds is 9. The van der Waals surface area contributed by atoms with Gasteiger partial charge in [-0.3, -0.25) is 14.1 Å². The zero-order valence-electron chi connectivity index (χ0n) is 16.4. The summed E-state index contributed by atoms with van der Waals surface area (Å²) in [7, 11) is 1.83. The highest BCUT2D eigenvalue weighted by Gasteiger charge is 2.21. The molecule has 27 heavy (non-hydrogen) atoms. The molecule has 0 aliphatic heterocycles. The molecule has 0 spiro atoms. The van der Waals surface area contributed by atoms with Crippen LogP contribution in [0.1, 0.15) is 38.8 Å². The molecule has 0 radical (unpaired) electrons. The summed E-state index contributed by atoms with van der Waals surface area (Å²) in [4.78, 5) is 19.1. The smallest absolute Gasteiger partial charge is 0.227 e. The Morgan fingerprint density at radius 2 is 1.96 bits per heavy atom. The van der Waals surface area contributed by atoms with E-state index in [1.54, 1.807) is 4.90 Å². The Kier molecular flexibility index (Phi) is 6.16. The van der Waals surface area contributed by atoms with E-state index in [0.29, 0.717) is 13.0 Å². The number of imidazole rings is 1. The number of hydrogen-bond acceptors (Lipinski definition) is 3. The van der Waals surface area contributed by atoms with Crippen molar-refractivity contribution in [3.8, 4) is 5.75 Å². The minimum atomic E-state index is 0.118. The largest absolute Gasteiger partial charge is 0.488 e. The number of ether oxygens (including phenoxy) is 1. The number of aryl methyl sites for hydroxylation is 1. The van der Waals surface area contributed by atoms with Gasteiger partial charge in [0.05, 0.1) is 12.2 Å². The van der Waals surface area contributed by atoms with Crippen LogP contribution in [0.4, 0.5) is 5.82 Å². The van der Waals surface area contributed by atoms with Crippen molar-refractivity contribution in [2.24, 2.45) is 0 Å². The van der Waals surface area contributed by atoms with Gasteiger partial charge in [0.25, 0.3) is 0 Å². The molecule has 3 aromatic rings. The maximum absolute atomic E-state index is 12.6. The van der Waals surface area contributed by atoms with Gasteiger partial charge in [-0.05, 0) is 37.1 Å². The van der Waals surface area contributed by atoms with Gasteiger partial charge in [0, 0.05) is 32.1 Å². The van der Waals surface area contributed by atoms with Crippen LogP contribution in [0.25, 0.3) is 5.65 Å². The fraction of sp³-hybridized carbons (Fsp3) is 0.429. The zero-order valence-corrected chi connectivity index (χ0v) is 16.4. The van der Waals surface area contributed by atoms with Crippen LogP contribution in [0.2, 0.25) is 0 Å². The van der Waals surface area contributed by atoms with Crippen LogP contribution in [0.5, 0.6) is 5.75 Å². The number of aromatic nitrogens is 3. The Morgan fingerprint density at radius 1 is 1.19 bits per heavy atom. The van der Waals surface area contributed by atoms with Crippen LogP contribution in [0, 0.1) is 0 Å². The molecule has 0 atom stereocenters. The first-order chi connectivity index (χ1) is 13.2. The lowest BCUT2D eigenvalue weighted by molar-refractivity contribution is -0.118. The highest BCUT2D eigenvalue weighted by atomic mass is 16.5. The molecule has 3 rings (SSSR count). The van der Waals surface area contributed by atoms with Gasteiger partial charge >= 0.3 is 0 Å². The molecule has 6 heteroatoms. The summed E-state index contributed by atoms with van der Waals surface area (Å²) in [6.45, 7) is 5.49. The zero-order chi connectivity index (χ0) is 19.2. The van der Waals surface area contributed by atoms with Gasteiger partial charge < -0.3 is 9.30 Å². The third-order valence-corrected chi connectivity index (χ3v) is 4.70. The van der Waals surface area contributed by atoms with E-state index >= 15 is 0 Å². The highest BCUT2D eigenvalue weighted by molar-refractivity contribution is 5.93. The molecule has 0 bridgehead atoms. The summed E-state index contributed by atoms with van der Waals surface area (Å²) in [5.41, 5.74) is 1.66. The highest BCUT2D eigenvalue weighted by Crippen LogP contribution is 2.28. The standard InChI is InChI=1S/C21H28N4O2/c1-4-6-11-19(26)23(3)21-17(5-2)22-20-18(10-9-14-25(20)21)27-16-15-24-12-7-8-13-24/h7-10,12-14H,4-6,11,15-16H2,1-3H3. The Labute approximate surface area is 160 Å². The van der Waals surface area contributed by atoms with Gasteiger partial charge in [0.2, 0.25) is 5.91 Å². The average molecular weight is 368 g/mol. The molecular weight excluding hydrogens is 340 g/mol. The van der Waals surface area contributed by atoms with Crippen LogP contribution in [0.3, 0.4) is 0 Å². The second kappa shape index (κ2) is 8.75. The Morgan fingerprint density at radius 3 is 2.67 bits per heavy atom. The summed E-state index contributed by atoms with van der Waals surface area (Å²) >= 11 is 0. The van der Waals surface area contributed by atoms with Crippen molar-refractivity contribution < 1.29 is 9.53 Å². The number of carbonyl (C=O) groups is 1. The maximum Gasteiger partial charge on any atom is 0.227 e. The third-order valence-electron chi connectivity index (χ3n) is 4.70. The number of amides is 1. The van der Waals surface area contributed by atoms with E-state index in [9.17, 15) is 4.79 Å². The minimum absolute atomic E-state index is 0.118. The van der Waals surface area contributed by atoms with Crippen LogP contribution in [-0.4, -0.2) is 33.5 Å². The first-order valence-electron chi connectivity index (χ1n) is 9.65. The first-order valence-corrected chi connectivity index (χ1v) is 9.65. The van der Waals surface area contributed by atoms with Gasteiger partial charge in [-0.2, -0.15) is 0 Å². The van der Waals surface area contributed by atoms with Crippen molar-refractivity contribution in [3.63, 3.8) is 0 Å². The van der Waals surface area contributed by atoms with Crippen LogP contribution in [-0.2, 0) is 17.8 Å². The van der Waals surface area contributed by atoms with E-state index < -0.39 is 0 Å². The predicted molar refractivity (Wildman–Crippen MR) is 107 cm³/mol. The third kappa shape index (κ3) is 4.15. The summed E-state index contributed by atoms with van der Waals surface area (Å²) in [5, 5.41) is 0. The molecule has 0 aliphatic rings. The van der Waals surface area contributed by atoms with E-state index in [1.807, 2.05) is 54.3 Å². The lowest BCUT2D eigenvalue weighted by atomic mass is 10.2. The molecule has 144 valence electrons. The van der Waals surface area contributed by atoms with Gasteiger partial charge in [-0.15, -0.1) is 0 Å².